The van der Waals surface area contributed by atoms with Crippen molar-refractivity contribution in [1.29, 1.82) is 0 Å². The zero-order valence-electron chi connectivity index (χ0n) is 23.0. The molecule has 4 heterocycles. The molecule has 2 saturated heterocycles. The summed E-state index contributed by atoms with van der Waals surface area (Å²) in [7, 11) is 0. The third-order valence-electron chi connectivity index (χ3n) is 8.69. The van der Waals surface area contributed by atoms with E-state index in [1.54, 1.807) is 30.3 Å². The van der Waals surface area contributed by atoms with E-state index in [1.807, 2.05) is 18.2 Å². The molecule has 3 aliphatic heterocycles. The van der Waals surface area contributed by atoms with E-state index in [9.17, 15) is 14.3 Å². The molecule has 7 nitrogen and oxygen atoms in total. The molecule has 42 heavy (non-hydrogen) atoms. The predicted octanol–water partition coefficient (Wildman–Crippen LogP) is 6.84. The summed E-state index contributed by atoms with van der Waals surface area (Å²) in [6, 6.07) is 16.0. The van der Waals surface area contributed by atoms with Crippen molar-refractivity contribution in [2.24, 2.45) is 0 Å². The van der Waals surface area contributed by atoms with Gasteiger partial charge in [0.1, 0.15) is 23.5 Å². The first kappa shape index (κ1) is 27.1. The predicted molar refractivity (Wildman–Crippen MR) is 159 cm³/mol. The molecule has 4 aromatic rings. The number of aromatic carboxylic acids is 1. The van der Waals surface area contributed by atoms with Crippen LogP contribution in [-0.4, -0.2) is 51.3 Å². The number of nitrogens with zero attached hydrogens (tertiary/aromatic N) is 3. The highest BCUT2D eigenvalue weighted by atomic mass is 35.5. The minimum Gasteiger partial charge on any atom is -0.481 e. The summed E-state index contributed by atoms with van der Waals surface area (Å²) in [6.07, 6.45) is 6.43. The van der Waals surface area contributed by atoms with Gasteiger partial charge in [-0.05, 0) is 80.2 Å². The van der Waals surface area contributed by atoms with Crippen molar-refractivity contribution in [3.05, 3.63) is 99.6 Å². The smallest absolute Gasteiger partial charge is 0.335 e. The van der Waals surface area contributed by atoms with Gasteiger partial charge in [-0.25, -0.2) is 14.2 Å². The quantitative estimate of drug-likeness (QED) is 0.255. The standard InChI is InChI=1S/C33H31ClFN3O4/c34-23-6-7-26(27(35)17-23)30-9-5-21-2-1-3-25(32(21)42-30)20-10-13-37(14-11-20)19-31-36-28-8-4-22(33(39)40)16-29(28)38(31)18-24-12-15-41-24/h1-9,16-17,20,24,30H,10-15,18-19H2,(H,39,40). The lowest BCUT2D eigenvalue weighted by molar-refractivity contribution is -0.0592. The minimum absolute atomic E-state index is 0.129. The number of halogens is 2. The Morgan fingerprint density at radius 2 is 1.90 bits per heavy atom. The molecule has 7 rings (SSSR count). The van der Waals surface area contributed by atoms with Gasteiger partial charge in [-0.15, -0.1) is 0 Å². The monoisotopic (exact) mass is 587 g/mol. The molecule has 0 aliphatic carbocycles. The molecule has 216 valence electrons. The molecular formula is C33H31ClFN3O4. The fourth-order valence-electron chi connectivity index (χ4n) is 6.28. The van der Waals surface area contributed by atoms with E-state index in [1.165, 1.54) is 6.07 Å². The Bertz CT molecular complexity index is 1690. The average Bonchev–Trinajstić information content (AvgIpc) is 3.30. The molecule has 0 bridgehead atoms. The molecule has 3 aromatic carbocycles. The van der Waals surface area contributed by atoms with Gasteiger partial charge in [0.05, 0.1) is 35.8 Å². The van der Waals surface area contributed by atoms with Crippen LogP contribution in [0.1, 0.15) is 64.2 Å². The van der Waals surface area contributed by atoms with Crippen molar-refractivity contribution < 1.29 is 23.8 Å². The first-order chi connectivity index (χ1) is 20.4. The van der Waals surface area contributed by atoms with Gasteiger partial charge >= 0.3 is 5.97 Å². The average molecular weight is 588 g/mol. The van der Waals surface area contributed by atoms with Gasteiger partial charge in [0.15, 0.2) is 0 Å². The molecule has 1 aromatic heterocycles. The lowest BCUT2D eigenvalue weighted by Crippen LogP contribution is -2.35. The maximum Gasteiger partial charge on any atom is 0.335 e. The van der Waals surface area contributed by atoms with E-state index >= 15 is 0 Å². The van der Waals surface area contributed by atoms with Crippen LogP contribution in [0.15, 0.2) is 60.7 Å². The maximum atomic E-state index is 14.7. The number of hydrogen-bond acceptors (Lipinski definition) is 5. The Balaban J connectivity index is 1.08. The number of para-hydroxylation sites is 1. The minimum atomic E-state index is -0.944. The van der Waals surface area contributed by atoms with Crippen LogP contribution in [-0.2, 0) is 17.8 Å². The number of carboxylic acids is 1. The van der Waals surface area contributed by atoms with Crippen LogP contribution in [0.4, 0.5) is 4.39 Å². The number of benzene rings is 3. The molecule has 9 heteroatoms. The van der Waals surface area contributed by atoms with Crippen LogP contribution < -0.4 is 4.74 Å². The summed E-state index contributed by atoms with van der Waals surface area (Å²) >= 11 is 5.97. The summed E-state index contributed by atoms with van der Waals surface area (Å²) in [5, 5.41) is 9.89. The first-order valence-corrected chi connectivity index (χ1v) is 14.8. The second kappa shape index (κ2) is 11.2. The molecule has 0 radical (unpaired) electrons. The number of aromatic nitrogens is 2. The van der Waals surface area contributed by atoms with Gasteiger partial charge < -0.3 is 19.1 Å². The molecule has 2 unspecified atom stereocenters. The fraction of sp³-hybridized carbons (Fsp3) is 0.333. The third kappa shape index (κ3) is 5.19. The number of fused-ring (bicyclic) bond motifs is 2. The Morgan fingerprint density at radius 3 is 2.64 bits per heavy atom. The number of imidazole rings is 1. The first-order valence-electron chi connectivity index (χ1n) is 14.4. The molecule has 1 N–H and O–H groups in total. The van der Waals surface area contributed by atoms with Gasteiger partial charge in [-0.3, -0.25) is 4.90 Å². The highest BCUT2D eigenvalue weighted by molar-refractivity contribution is 6.30. The Kier molecular flexibility index (Phi) is 7.22. The van der Waals surface area contributed by atoms with Gasteiger partial charge in [0, 0.05) is 22.8 Å². The molecule has 2 fully saturated rings. The largest absolute Gasteiger partial charge is 0.481 e. The number of rotatable bonds is 7. The lowest BCUT2D eigenvalue weighted by Gasteiger charge is -2.34. The summed E-state index contributed by atoms with van der Waals surface area (Å²) in [4.78, 5) is 18.9. The van der Waals surface area contributed by atoms with Crippen molar-refractivity contribution in [2.45, 2.75) is 50.5 Å². The molecule has 2 atom stereocenters. The van der Waals surface area contributed by atoms with E-state index in [-0.39, 0.29) is 17.5 Å². The highest BCUT2D eigenvalue weighted by Crippen LogP contribution is 2.42. The van der Waals surface area contributed by atoms with Crippen LogP contribution in [0, 0.1) is 5.82 Å². The van der Waals surface area contributed by atoms with Crippen molar-refractivity contribution in [1.82, 2.24) is 14.5 Å². The second-order valence-electron chi connectivity index (χ2n) is 11.3. The second-order valence-corrected chi connectivity index (χ2v) is 11.7. The topological polar surface area (TPSA) is 76.8 Å². The van der Waals surface area contributed by atoms with Crippen molar-refractivity contribution in [3.63, 3.8) is 0 Å². The number of carboxylic acid groups (broad SMARTS) is 1. The summed E-state index contributed by atoms with van der Waals surface area (Å²) in [5.74, 6) is 0.758. The van der Waals surface area contributed by atoms with Gasteiger partial charge in [0.2, 0.25) is 0 Å². The maximum absolute atomic E-state index is 14.7. The number of likely N-dealkylation sites (tertiary alicyclic amines) is 1. The Hall–Kier alpha value is -3.72. The van der Waals surface area contributed by atoms with Crippen LogP contribution in [0.25, 0.3) is 17.1 Å². The van der Waals surface area contributed by atoms with Crippen LogP contribution >= 0.6 is 11.6 Å². The van der Waals surface area contributed by atoms with Crippen LogP contribution in [0.2, 0.25) is 5.02 Å². The van der Waals surface area contributed by atoms with Crippen LogP contribution in [0.5, 0.6) is 5.75 Å². The van der Waals surface area contributed by atoms with E-state index in [0.717, 1.165) is 72.7 Å². The van der Waals surface area contributed by atoms with E-state index in [0.29, 0.717) is 29.6 Å². The third-order valence-corrected chi connectivity index (χ3v) is 8.92. The number of hydrogen-bond donors (Lipinski definition) is 1. The van der Waals surface area contributed by atoms with Gasteiger partial charge in [0.25, 0.3) is 0 Å². The van der Waals surface area contributed by atoms with Crippen molar-refractivity contribution >= 4 is 34.7 Å². The zero-order chi connectivity index (χ0) is 28.8. The van der Waals surface area contributed by atoms with Gasteiger partial charge in [-0.1, -0.05) is 41.9 Å². The summed E-state index contributed by atoms with van der Waals surface area (Å²) < 4.78 is 29.0. The number of piperidine rings is 1. The van der Waals surface area contributed by atoms with E-state index in [2.05, 4.69) is 21.6 Å². The Morgan fingerprint density at radius 1 is 1.07 bits per heavy atom. The molecule has 0 saturated carbocycles. The number of ether oxygens (including phenoxy) is 2. The summed E-state index contributed by atoms with van der Waals surface area (Å²) in [6.45, 7) is 3.90. The van der Waals surface area contributed by atoms with Crippen molar-refractivity contribution in [3.8, 4) is 5.75 Å². The van der Waals surface area contributed by atoms with Gasteiger partial charge in [-0.2, -0.15) is 0 Å². The van der Waals surface area contributed by atoms with E-state index in [4.69, 9.17) is 26.1 Å². The van der Waals surface area contributed by atoms with E-state index < -0.39 is 12.1 Å². The number of carbonyl (C=O) groups is 1. The normalized spacial score (nSPS) is 20.7. The highest BCUT2D eigenvalue weighted by Gasteiger charge is 2.29. The SMILES string of the molecule is O=C(O)c1ccc2nc(CN3CCC(c4cccc5c4OC(c4ccc(Cl)cc4F)C=C5)CC3)n(CC3CCO3)c2c1. The van der Waals surface area contributed by atoms with Crippen molar-refractivity contribution in [2.75, 3.05) is 19.7 Å². The molecular weight excluding hydrogens is 557 g/mol. The molecule has 0 spiro atoms. The molecule has 3 aliphatic rings. The summed E-state index contributed by atoms with van der Waals surface area (Å²) in [5.41, 5.74) is 4.53. The lowest BCUT2D eigenvalue weighted by atomic mass is 9.87. The zero-order valence-corrected chi connectivity index (χ0v) is 23.8. The fourth-order valence-corrected chi connectivity index (χ4v) is 6.44. The van der Waals surface area contributed by atoms with Crippen LogP contribution in [0.3, 0.4) is 0 Å². The molecule has 0 amide bonds. The Labute approximate surface area is 248 Å².